The molecular formula is C51H48N12O6. The lowest BCUT2D eigenvalue weighted by atomic mass is 10.2. The van der Waals surface area contributed by atoms with E-state index < -0.39 is 0 Å². The topological polar surface area (TPSA) is 207 Å². The first-order chi connectivity index (χ1) is 33.3. The molecule has 18 nitrogen and oxygen atoms in total. The zero-order valence-electron chi connectivity index (χ0n) is 38.6. The lowest BCUT2D eigenvalue weighted by Crippen LogP contribution is -2.23. The summed E-state index contributed by atoms with van der Waals surface area (Å²) >= 11 is 0. The van der Waals surface area contributed by atoms with E-state index in [0.29, 0.717) is 33.8 Å². The van der Waals surface area contributed by atoms with Crippen LogP contribution in [0.3, 0.4) is 0 Å². The van der Waals surface area contributed by atoms with Gasteiger partial charge in [0.25, 0.3) is 34.4 Å². The predicted molar refractivity (Wildman–Crippen MR) is 264 cm³/mol. The van der Waals surface area contributed by atoms with E-state index in [9.17, 15) is 28.8 Å². The molecule has 6 heterocycles. The molecule has 0 aliphatic heterocycles. The normalized spacial score (nSPS) is 10.5. The van der Waals surface area contributed by atoms with E-state index in [2.05, 4.69) is 30.9 Å². The number of nitrogens with zero attached hydrogens (tertiary/aromatic N) is 9. The fourth-order valence-electron chi connectivity index (χ4n) is 7.19. The molecule has 0 aliphatic rings. The third-order valence-corrected chi connectivity index (χ3v) is 11.1. The van der Waals surface area contributed by atoms with Gasteiger partial charge in [0.1, 0.15) is 17.1 Å². The molecule has 3 N–H and O–H groups in total. The minimum absolute atomic E-state index is 0.269. The van der Waals surface area contributed by atoms with E-state index in [-0.39, 0.29) is 51.5 Å². The molecule has 0 saturated carbocycles. The minimum Gasteiger partial charge on any atom is -0.316 e. The molecule has 9 rings (SSSR count). The molecule has 18 heteroatoms. The summed E-state index contributed by atoms with van der Waals surface area (Å²) in [5.41, 5.74) is 5.46. The Kier molecular flexibility index (Phi) is 14.6. The van der Waals surface area contributed by atoms with Crippen LogP contribution in [-0.2, 0) is 21.1 Å². The quantitative estimate of drug-likeness (QED) is 0.146. The molecule has 0 unspecified atom stereocenters. The Morgan fingerprint density at radius 1 is 0.377 bits per heavy atom. The number of anilines is 3. The van der Waals surface area contributed by atoms with Crippen molar-refractivity contribution in [3.8, 4) is 17.1 Å². The summed E-state index contributed by atoms with van der Waals surface area (Å²) in [6.07, 6.45) is 9.16. The first kappa shape index (κ1) is 47.5. The second-order valence-electron chi connectivity index (χ2n) is 15.4. The SMILES string of the molecule is Cc1c(NC(=O)c2cccnc2)c(=O)n(-c2ccccc2)n1C.Cc1c(NC(=O)c2cccnc2)c(=O)n(-c2ccccc2)n1C.Cc1c(NC(=O)c2cccnc2)c(=O)n(-c2ccccc2)n1C. The first-order valence-electron chi connectivity index (χ1n) is 21.4. The van der Waals surface area contributed by atoms with Crippen LogP contribution < -0.4 is 32.6 Å². The molecule has 69 heavy (non-hydrogen) atoms. The summed E-state index contributed by atoms with van der Waals surface area (Å²) < 4.78 is 9.72. The summed E-state index contributed by atoms with van der Waals surface area (Å²) in [6, 6.07) is 37.8. The van der Waals surface area contributed by atoms with E-state index in [0.717, 1.165) is 17.1 Å². The molecule has 0 atom stereocenters. The van der Waals surface area contributed by atoms with Crippen molar-refractivity contribution in [3.63, 3.8) is 0 Å². The fraction of sp³-hybridized carbons (Fsp3) is 0.118. The molecule has 3 aromatic carbocycles. The Morgan fingerprint density at radius 3 is 0.841 bits per heavy atom. The summed E-state index contributed by atoms with van der Waals surface area (Å²) in [4.78, 5) is 86.6. The molecule has 0 spiro atoms. The van der Waals surface area contributed by atoms with Gasteiger partial charge in [0.05, 0.1) is 50.8 Å². The van der Waals surface area contributed by atoms with Crippen molar-refractivity contribution in [2.75, 3.05) is 16.0 Å². The molecule has 348 valence electrons. The number of hydrogen-bond donors (Lipinski definition) is 3. The van der Waals surface area contributed by atoms with Crippen molar-refractivity contribution >= 4 is 34.8 Å². The van der Waals surface area contributed by atoms with Crippen molar-refractivity contribution in [3.05, 3.63) is 229 Å². The molecule has 0 aliphatic carbocycles. The summed E-state index contributed by atoms with van der Waals surface area (Å²) in [7, 11) is 5.34. The number of carbonyl (C=O) groups is 3. The zero-order valence-corrected chi connectivity index (χ0v) is 38.6. The van der Waals surface area contributed by atoms with Gasteiger partial charge < -0.3 is 16.0 Å². The van der Waals surface area contributed by atoms with Crippen LogP contribution >= 0.6 is 0 Å². The number of para-hydroxylation sites is 3. The van der Waals surface area contributed by atoms with Gasteiger partial charge in [0.2, 0.25) is 0 Å². The molecule has 0 bridgehead atoms. The highest BCUT2D eigenvalue weighted by atomic mass is 16.2. The van der Waals surface area contributed by atoms with Gasteiger partial charge in [0.15, 0.2) is 0 Å². The van der Waals surface area contributed by atoms with Crippen LogP contribution in [0.1, 0.15) is 48.2 Å². The van der Waals surface area contributed by atoms with E-state index in [4.69, 9.17) is 0 Å². The van der Waals surface area contributed by atoms with E-state index >= 15 is 0 Å². The van der Waals surface area contributed by atoms with E-state index in [1.54, 1.807) is 111 Å². The molecule has 0 saturated heterocycles. The smallest absolute Gasteiger partial charge is 0.295 e. The zero-order chi connectivity index (χ0) is 49.2. The maximum Gasteiger partial charge on any atom is 0.295 e. The Balaban J connectivity index is 0.000000153. The van der Waals surface area contributed by atoms with Crippen molar-refractivity contribution < 1.29 is 14.4 Å². The highest BCUT2D eigenvalue weighted by Crippen LogP contribution is 2.18. The number of rotatable bonds is 9. The van der Waals surface area contributed by atoms with Crippen LogP contribution in [0.5, 0.6) is 0 Å². The molecule has 0 radical (unpaired) electrons. The lowest BCUT2D eigenvalue weighted by Gasteiger charge is -2.07. The highest BCUT2D eigenvalue weighted by molar-refractivity contribution is 6.05. The van der Waals surface area contributed by atoms with Crippen LogP contribution in [0.2, 0.25) is 0 Å². The van der Waals surface area contributed by atoms with Gasteiger partial charge >= 0.3 is 0 Å². The maximum atomic E-state index is 12.7. The Labute approximate surface area is 395 Å². The Hall–Kier alpha value is -9.45. The Bertz CT molecular complexity index is 3050. The average Bonchev–Trinajstić information content (AvgIpc) is 3.83. The van der Waals surface area contributed by atoms with Crippen molar-refractivity contribution in [2.24, 2.45) is 21.1 Å². The van der Waals surface area contributed by atoms with Gasteiger partial charge in [-0.3, -0.25) is 57.8 Å². The number of pyridine rings is 3. The Morgan fingerprint density at radius 2 is 0.623 bits per heavy atom. The van der Waals surface area contributed by atoms with Gasteiger partial charge in [-0.15, -0.1) is 0 Å². The van der Waals surface area contributed by atoms with Crippen molar-refractivity contribution in [1.82, 2.24) is 43.0 Å². The standard InChI is InChI=1S/3C17H16N4O2/c3*1-12-15(19-16(22)13-7-6-10-18-11-13)17(23)21(20(12)2)14-8-4-3-5-9-14/h3*3-11H,1-2H3,(H,19,22). The monoisotopic (exact) mass is 924 g/mol. The molecule has 0 fully saturated rings. The summed E-state index contributed by atoms with van der Waals surface area (Å²) in [5.74, 6) is -1.07. The second kappa shape index (κ2) is 21.2. The fourth-order valence-corrected chi connectivity index (χ4v) is 7.19. The number of hydrogen-bond acceptors (Lipinski definition) is 9. The first-order valence-corrected chi connectivity index (χ1v) is 21.4. The third-order valence-electron chi connectivity index (χ3n) is 11.1. The molecule has 9 aromatic rings. The largest absolute Gasteiger partial charge is 0.316 e. The van der Waals surface area contributed by atoms with Crippen LogP contribution in [0.25, 0.3) is 17.1 Å². The van der Waals surface area contributed by atoms with Crippen LogP contribution in [0.4, 0.5) is 17.1 Å². The van der Waals surface area contributed by atoms with Gasteiger partial charge in [-0.25, -0.2) is 14.0 Å². The highest BCUT2D eigenvalue weighted by Gasteiger charge is 2.21. The van der Waals surface area contributed by atoms with Gasteiger partial charge in [-0.2, -0.15) is 0 Å². The minimum atomic E-state index is -0.357. The van der Waals surface area contributed by atoms with Crippen LogP contribution in [0, 0.1) is 20.8 Å². The summed E-state index contributed by atoms with van der Waals surface area (Å²) in [6.45, 7) is 5.37. The van der Waals surface area contributed by atoms with Crippen molar-refractivity contribution in [2.45, 2.75) is 20.8 Å². The third kappa shape index (κ3) is 10.3. The lowest BCUT2D eigenvalue weighted by molar-refractivity contribution is 0.101. The molecular weight excluding hydrogens is 877 g/mol. The molecule has 6 aromatic heterocycles. The molecule has 3 amide bonds. The number of amides is 3. The van der Waals surface area contributed by atoms with Crippen LogP contribution in [0.15, 0.2) is 179 Å². The van der Waals surface area contributed by atoms with E-state index in [1.807, 2.05) is 91.0 Å². The predicted octanol–water partition coefficient (Wildman–Crippen LogP) is 6.40. The summed E-state index contributed by atoms with van der Waals surface area (Å²) in [5, 5.41) is 8.08. The average molecular weight is 925 g/mol. The number of aromatic nitrogens is 9. The second-order valence-corrected chi connectivity index (χ2v) is 15.4. The van der Waals surface area contributed by atoms with Gasteiger partial charge in [-0.05, 0) is 93.6 Å². The number of benzene rings is 3. The van der Waals surface area contributed by atoms with Crippen molar-refractivity contribution in [1.29, 1.82) is 0 Å². The van der Waals surface area contributed by atoms with Gasteiger partial charge in [0, 0.05) is 58.3 Å². The van der Waals surface area contributed by atoms with Gasteiger partial charge in [-0.1, -0.05) is 54.6 Å². The van der Waals surface area contributed by atoms with Crippen LogP contribution in [-0.4, -0.2) is 60.8 Å². The number of nitrogens with one attached hydrogen (secondary N) is 3. The van der Waals surface area contributed by atoms with E-state index in [1.165, 1.54) is 32.6 Å². The maximum absolute atomic E-state index is 12.7. The number of carbonyl (C=O) groups excluding carboxylic acids is 3.